The van der Waals surface area contributed by atoms with Crippen LogP contribution in [-0.4, -0.2) is 31.8 Å². The van der Waals surface area contributed by atoms with Crippen molar-refractivity contribution in [3.8, 4) is 5.75 Å². The molecule has 108 valence electrons. The van der Waals surface area contributed by atoms with Gasteiger partial charge in [-0.25, -0.2) is 4.79 Å². The fourth-order valence-corrected chi connectivity index (χ4v) is 2.87. The smallest absolute Gasteiger partial charge is 0.387 e. The molecule has 1 aromatic rings. The van der Waals surface area contributed by atoms with Gasteiger partial charge in [0.25, 0.3) is 0 Å². The Hall–Kier alpha value is -1.85. The van der Waals surface area contributed by atoms with Crippen LogP contribution in [0, 0.1) is 0 Å². The topological polar surface area (TPSA) is 38.8 Å². The first kappa shape index (κ1) is 13.1. The van der Waals surface area contributed by atoms with E-state index in [-0.39, 0.29) is 17.8 Å². The molecule has 2 aliphatic rings. The number of alkyl halides is 2. The standard InChI is InChI=1S/C14H15F2NO3/c15-14(16)20-10-3-4-11-9(8-10)2-1-6-17(11)12-5-7-19-13(12)18/h3-4,8,12,14H,1-2,5-7H2. The maximum absolute atomic E-state index is 12.2. The van der Waals surface area contributed by atoms with Gasteiger partial charge in [-0.15, -0.1) is 0 Å². The highest BCUT2D eigenvalue weighted by Gasteiger charge is 2.34. The number of benzene rings is 1. The van der Waals surface area contributed by atoms with Crippen molar-refractivity contribution in [2.75, 3.05) is 18.1 Å². The number of ether oxygens (including phenoxy) is 2. The summed E-state index contributed by atoms with van der Waals surface area (Å²) in [7, 11) is 0. The number of nitrogens with zero attached hydrogens (tertiary/aromatic N) is 1. The molecule has 2 heterocycles. The predicted molar refractivity (Wildman–Crippen MR) is 68.1 cm³/mol. The third-order valence-electron chi connectivity index (χ3n) is 3.71. The molecule has 0 aromatic heterocycles. The van der Waals surface area contributed by atoms with Gasteiger partial charge in [0.2, 0.25) is 0 Å². The lowest BCUT2D eigenvalue weighted by molar-refractivity contribution is -0.139. The molecule has 6 heteroatoms. The third-order valence-corrected chi connectivity index (χ3v) is 3.71. The summed E-state index contributed by atoms with van der Waals surface area (Å²) in [5.74, 6) is -0.0413. The molecular formula is C14H15F2NO3. The first-order chi connectivity index (χ1) is 9.65. The normalized spacial score (nSPS) is 21.9. The minimum atomic E-state index is -2.82. The molecule has 1 atom stereocenters. The van der Waals surface area contributed by atoms with Gasteiger partial charge in [-0.1, -0.05) is 0 Å². The Morgan fingerprint density at radius 1 is 1.40 bits per heavy atom. The summed E-state index contributed by atoms with van der Waals surface area (Å²) in [6.45, 7) is -1.60. The van der Waals surface area contributed by atoms with Crippen molar-refractivity contribution in [3.63, 3.8) is 0 Å². The summed E-state index contributed by atoms with van der Waals surface area (Å²) in [6, 6.07) is 4.64. The second-order valence-corrected chi connectivity index (χ2v) is 4.94. The van der Waals surface area contributed by atoms with Gasteiger partial charge in [0.1, 0.15) is 11.8 Å². The Morgan fingerprint density at radius 2 is 2.25 bits per heavy atom. The number of hydrogen-bond donors (Lipinski definition) is 0. The molecule has 0 aliphatic carbocycles. The number of anilines is 1. The minimum Gasteiger partial charge on any atom is -0.464 e. The minimum absolute atomic E-state index is 0.162. The molecule has 1 fully saturated rings. The lowest BCUT2D eigenvalue weighted by Gasteiger charge is -2.34. The van der Waals surface area contributed by atoms with Crippen LogP contribution in [0.4, 0.5) is 14.5 Å². The van der Waals surface area contributed by atoms with Gasteiger partial charge in [-0.3, -0.25) is 0 Å². The summed E-state index contributed by atoms with van der Waals surface area (Å²) in [5, 5.41) is 0. The Labute approximate surface area is 115 Å². The molecule has 0 amide bonds. The summed E-state index contributed by atoms with van der Waals surface area (Å²) in [6.07, 6.45) is 2.36. The van der Waals surface area contributed by atoms with Gasteiger partial charge in [0, 0.05) is 18.7 Å². The highest BCUT2D eigenvalue weighted by atomic mass is 19.3. The molecule has 0 N–H and O–H groups in total. The molecule has 1 unspecified atom stereocenters. The molecule has 2 aliphatic heterocycles. The lowest BCUT2D eigenvalue weighted by Crippen LogP contribution is -2.41. The number of cyclic esters (lactones) is 1. The van der Waals surface area contributed by atoms with Gasteiger partial charge in [-0.2, -0.15) is 8.78 Å². The quantitative estimate of drug-likeness (QED) is 0.798. The van der Waals surface area contributed by atoms with Crippen LogP contribution >= 0.6 is 0 Å². The van der Waals surface area contributed by atoms with Gasteiger partial charge in [-0.05, 0) is 36.6 Å². The molecule has 0 saturated carbocycles. The molecule has 0 spiro atoms. The van der Waals surface area contributed by atoms with Crippen molar-refractivity contribution in [1.82, 2.24) is 0 Å². The van der Waals surface area contributed by atoms with E-state index in [0.29, 0.717) is 13.0 Å². The zero-order chi connectivity index (χ0) is 14.1. The van der Waals surface area contributed by atoms with Crippen LogP contribution in [0.2, 0.25) is 0 Å². The zero-order valence-corrected chi connectivity index (χ0v) is 10.9. The van der Waals surface area contributed by atoms with E-state index in [4.69, 9.17) is 4.74 Å². The Balaban J connectivity index is 1.87. The van der Waals surface area contributed by atoms with Gasteiger partial charge < -0.3 is 14.4 Å². The van der Waals surface area contributed by atoms with Gasteiger partial charge >= 0.3 is 12.6 Å². The fourth-order valence-electron chi connectivity index (χ4n) is 2.87. The van der Waals surface area contributed by atoms with Crippen LogP contribution in [-0.2, 0) is 16.0 Å². The number of hydrogen-bond acceptors (Lipinski definition) is 4. The lowest BCUT2D eigenvalue weighted by atomic mass is 9.99. The van der Waals surface area contributed by atoms with Crippen LogP contribution in [0.5, 0.6) is 5.75 Å². The van der Waals surface area contributed by atoms with E-state index in [1.54, 1.807) is 12.1 Å². The van der Waals surface area contributed by atoms with Crippen LogP contribution in [0.25, 0.3) is 0 Å². The van der Waals surface area contributed by atoms with Gasteiger partial charge in [0.05, 0.1) is 6.61 Å². The number of carbonyl (C=O) groups excluding carboxylic acids is 1. The second-order valence-electron chi connectivity index (χ2n) is 4.94. The van der Waals surface area contributed by atoms with E-state index in [9.17, 15) is 13.6 Å². The molecule has 0 bridgehead atoms. The molecule has 3 rings (SSSR count). The van der Waals surface area contributed by atoms with E-state index in [0.717, 1.165) is 30.6 Å². The van der Waals surface area contributed by atoms with Crippen molar-refractivity contribution in [2.24, 2.45) is 0 Å². The molecular weight excluding hydrogens is 268 g/mol. The summed E-state index contributed by atoms with van der Waals surface area (Å²) in [5.41, 5.74) is 1.86. The van der Waals surface area contributed by atoms with Crippen LogP contribution in [0.3, 0.4) is 0 Å². The number of halogens is 2. The summed E-state index contributed by atoms with van der Waals surface area (Å²) < 4.78 is 33.9. The van der Waals surface area contributed by atoms with Crippen LogP contribution < -0.4 is 9.64 Å². The molecule has 1 aromatic carbocycles. The Bertz CT molecular complexity index is 521. The van der Waals surface area contributed by atoms with E-state index in [2.05, 4.69) is 4.74 Å². The number of rotatable bonds is 3. The Morgan fingerprint density at radius 3 is 2.95 bits per heavy atom. The van der Waals surface area contributed by atoms with Crippen molar-refractivity contribution in [2.45, 2.75) is 31.9 Å². The first-order valence-corrected chi connectivity index (χ1v) is 6.66. The van der Waals surface area contributed by atoms with Crippen LogP contribution in [0.1, 0.15) is 18.4 Å². The maximum Gasteiger partial charge on any atom is 0.387 e. The van der Waals surface area contributed by atoms with E-state index >= 15 is 0 Å². The van der Waals surface area contributed by atoms with Crippen molar-refractivity contribution >= 4 is 11.7 Å². The second kappa shape index (κ2) is 5.26. The average molecular weight is 283 g/mol. The highest BCUT2D eigenvalue weighted by Crippen LogP contribution is 2.34. The fraction of sp³-hybridized carbons (Fsp3) is 0.500. The molecule has 4 nitrogen and oxygen atoms in total. The van der Waals surface area contributed by atoms with Crippen LogP contribution in [0.15, 0.2) is 18.2 Å². The maximum atomic E-state index is 12.2. The number of aryl methyl sites for hydroxylation is 1. The number of esters is 1. The predicted octanol–water partition coefficient (Wildman–Crippen LogP) is 2.36. The van der Waals surface area contributed by atoms with E-state index in [1.165, 1.54) is 6.07 Å². The largest absolute Gasteiger partial charge is 0.464 e. The molecule has 20 heavy (non-hydrogen) atoms. The van der Waals surface area contributed by atoms with Crippen molar-refractivity contribution in [3.05, 3.63) is 23.8 Å². The average Bonchev–Trinajstić information content (AvgIpc) is 2.83. The van der Waals surface area contributed by atoms with Crippen molar-refractivity contribution < 1.29 is 23.0 Å². The number of carbonyl (C=O) groups is 1. The monoisotopic (exact) mass is 283 g/mol. The zero-order valence-electron chi connectivity index (χ0n) is 10.9. The van der Waals surface area contributed by atoms with E-state index in [1.807, 2.05) is 4.90 Å². The van der Waals surface area contributed by atoms with Crippen molar-refractivity contribution in [1.29, 1.82) is 0 Å². The van der Waals surface area contributed by atoms with Gasteiger partial charge in [0.15, 0.2) is 0 Å². The highest BCUT2D eigenvalue weighted by molar-refractivity contribution is 5.82. The molecule has 1 saturated heterocycles. The number of fused-ring (bicyclic) bond motifs is 1. The summed E-state index contributed by atoms with van der Waals surface area (Å²) >= 11 is 0. The Kier molecular flexibility index (Phi) is 3.46. The molecule has 0 radical (unpaired) electrons. The van der Waals surface area contributed by atoms with E-state index < -0.39 is 6.61 Å². The SMILES string of the molecule is O=C1OCCC1N1CCCc2cc(OC(F)F)ccc21. The first-order valence-electron chi connectivity index (χ1n) is 6.66. The third kappa shape index (κ3) is 2.42. The summed E-state index contributed by atoms with van der Waals surface area (Å²) in [4.78, 5) is 13.7.